The Morgan fingerprint density at radius 1 is 0.861 bits per heavy atom. The Labute approximate surface area is 209 Å². The molecule has 0 N–H and O–H groups in total. The van der Waals surface area contributed by atoms with Crippen LogP contribution in [0, 0.1) is 0 Å². The summed E-state index contributed by atoms with van der Waals surface area (Å²) < 4.78 is 32.9. The number of aromatic nitrogens is 2. The molecule has 6 nitrogen and oxygen atoms in total. The average Bonchev–Trinajstić information content (AvgIpc) is 3.27. The average molecular weight is 497 g/mol. The highest BCUT2D eigenvalue weighted by Gasteiger charge is 2.21. The Balaban J connectivity index is 1.49. The second-order valence-corrected chi connectivity index (χ2v) is 10.4. The number of rotatable bonds is 8. The minimum atomic E-state index is -3.76. The Morgan fingerprint density at radius 3 is 2.31 bits per heavy atom. The number of sulfone groups is 1. The standard InChI is InChI=1S/C29H24N2O4S/c1-35-24-15-16-27-22(17-24)18-28(21-9-4-2-5-10-21)31(27)19-23-11-8-14-26(30-23)29(32)20-36(33,34)25-12-6-3-7-13-25/h2-18H,19-20H2,1H3. The minimum absolute atomic E-state index is 0.122. The Kier molecular flexibility index (Phi) is 6.40. The quantitative estimate of drug-likeness (QED) is 0.268. The third kappa shape index (κ3) is 4.78. The van der Waals surface area contributed by atoms with E-state index in [-0.39, 0.29) is 10.6 Å². The molecule has 0 amide bonds. The molecule has 36 heavy (non-hydrogen) atoms. The zero-order valence-corrected chi connectivity index (χ0v) is 20.5. The first kappa shape index (κ1) is 23.5. The van der Waals surface area contributed by atoms with E-state index in [4.69, 9.17) is 4.74 Å². The van der Waals surface area contributed by atoms with Crippen molar-refractivity contribution in [1.82, 2.24) is 9.55 Å². The number of Topliss-reactive ketones (excluding diaryl/α,β-unsaturated/α-hetero) is 1. The number of nitrogens with zero attached hydrogens (tertiary/aromatic N) is 2. The van der Waals surface area contributed by atoms with Crippen molar-refractivity contribution in [3.8, 4) is 17.0 Å². The molecule has 0 spiro atoms. The smallest absolute Gasteiger partial charge is 0.196 e. The first-order valence-corrected chi connectivity index (χ1v) is 13.1. The largest absolute Gasteiger partial charge is 0.497 e. The summed E-state index contributed by atoms with van der Waals surface area (Å²) in [5.74, 6) is -0.398. The molecule has 2 aromatic heterocycles. The van der Waals surface area contributed by atoms with Gasteiger partial charge in [0.2, 0.25) is 0 Å². The topological polar surface area (TPSA) is 78.3 Å². The van der Waals surface area contributed by atoms with Crippen molar-refractivity contribution >= 4 is 26.5 Å². The van der Waals surface area contributed by atoms with Crippen molar-refractivity contribution in [3.63, 3.8) is 0 Å². The van der Waals surface area contributed by atoms with Gasteiger partial charge in [-0.15, -0.1) is 0 Å². The summed E-state index contributed by atoms with van der Waals surface area (Å²) in [6.07, 6.45) is 0. The van der Waals surface area contributed by atoms with Crippen molar-refractivity contribution in [2.75, 3.05) is 12.9 Å². The number of ketones is 1. The van der Waals surface area contributed by atoms with Crippen LogP contribution in [-0.2, 0) is 16.4 Å². The van der Waals surface area contributed by atoms with Gasteiger partial charge in [-0.05, 0) is 54.1 Å². The molecule has 0 radical (unpaired) electrons. The molecule has 0 unspecified atom stereocenters. The van der Waals surface area contributed by atoms with Crippen LogP contribution in [0.15, 0.2) is 108 Å². The number of fused-ring (bicyclic) bond motifs is 1. The maximum absolute atomic E-state index is 12.9. The van der Waals surface area contributed by atoms with Crippen molar-refractivity contribution < 1.29 is 17.9 Å². The highest BCUT2D eigenvalue weighted by Crippen LogP contribution is 2.31. The van der Waals surface area contributed by atoms with Crippen LogP contribution in [-0.4, -0.2) is 36.6 Å². The lowest BCUT2D eigenvalue weighted by Crippen LogP contribution is -2.18. The molecule has 0 fully saturated rings. The van der Waals surface area contributed by atoms with Gasteiger partial charge in [0.25, 0.3) is 0 Å². The second kappa shape index (κ2) is 9.79. The first-order valence-electron chi connectivity index (χ1n) is 11.4. The van der Waals surface area contributed by atoms with Crippen LogP contribution in [0.4, 0.5) is 0 Å². The van der Waals surface area contributed by atoms with Gasteiger partial charge in [0, 0.05) is 16.6 Å². The first-order chi connectivity index (χ1) is 17.4. The maximum atomic E-state index is 12.9. The number of pyridine rings is 1. The van der Waals surface area contributed by atoms with E-state index in [0.717, 1.165) is 27.9 Å². The summed E-state index contributed by atoms with van der Waals surface area (Å²) in [6.45, 7) is 0.409. The lowest BCUT2D eigenvalue weighted by atomic mass is 10.1. The zero-order valence-electron chi connectivity index (χ0n) is 19.7. The predicted octanol–water partition coefficient (Wildman–Crippen LogP) is 5.42. The van der Waals surface area contributed by atoms with Gasteiger partial charge in [-0.1, -0.05) is 54.6 Å². The van der Waals surface area contributed by atoms with Gasteiger partial charge in [-0.25, -0.2) is 13.4 Å². The van der Waals surface area contributed by atoms with Gasteiger partial charge < -0.3 is 9.30 Å². The van der Waals surface area contributed by atoms with Crippen molar-refractivity contribution in [2.45, 2.75) is 11.4 Å². The minimum Gasteiger partial charge on any atom is -0.497 e. The fourth-order valence-electron chi connectivity index (χ4n) is 4.24. The van der Waals surface area contributed by atoms with Crippen molar-refractivity contribution in [1.29, 1.82) is 0 Å². The molecule has 0 saturated heterocycles. The summed E-state index contributed by atoms with van der Waals surface area (Å²) in [7, 11) is -2.12. The molecule has 0 aliphatic heterocycles. The SMILES string of the molecule is COc1ccc2c(c1)cc(-c1ccccc1)n2Cc1cccc(C(=O)CS(=O)(=O)c2ccccc2)n1. The molecular formula is C29H24N2O4S. The Morgan fingerprint density at radius 2 is 1.58 bits per heavy atom. The monoisotopic (exact) mass is 496 g/mol. The number of carbonyl (C=O) groups is 1. The van der Waals surface area contributed by atoms with Crippen LogP contribution in [0.1, 0.15) is 16.2 Å². The number of carbonyl (C=O) groups excluding carboxylic acids is 1. The van der Waals surface area contributed by atoms with Crippen molar-refractivity contribution in [3.05, 3.63) is 115 Å². The normalized spacial score (nSPS) is 11.5. The third-order valence-electron chi connectivity index (χ3n) is 6.01. The Hall–Kier alpha value is -4.23. The fraction of sp³-hybridized carbons (Fsp3) is 0.103. The van der Waals surface area contributed by atoms with E-state index < -0.39 is 21.4 Å². The number of ether oxygens (including phenoxy) is 1. The van der Waals surface area contributed by atoms with Gasteiger partial charge in [0.15, 0.2) is 15.6 Å². The molecule has 0 aliphatic rings. The molecule has 2 heterocycles. The summed E-state index contributed by atoms with van der Waals surface area (Å²) in [5, 5.41) is 1.02. The number of hydrogen-bond donors (Lipinski definition) is 0. The van der Waals surface area contributed by atoms with Gasteiger partial charge in [0.05, 0.1) is 24.2 Å². The predicted molar refractivity (Wildman–Crippen MR) is 140 cm³/mol. The Bertz CT molecular complexity index is 1640. The van der Waals surface area contributed by atoms with Crippen LogP contribution in [0.5, 0.6) is 5.75 Å². The molecule has 5 aromatic rings. The number of methoxy groups -OCH3 is 1. The highest BCUT2D eigenvalue weighted by molar-refractivity contribution is 7.92. The van der Waals surface area contributed by atoms with Crippen LogP contribution in [0.3, 0.4) is 0 Å². The van der Waals surface area contributed by atoms with E-state index >= 15 is 0 Å². The van der Waals surface area contributed by atoms with Crippen LogP contribution in [0.2, 0.25) is 0 Å². The number of benzene rings is 3. The summed E-state index contributed by atoms with van der Waals surface area (Å²) in [4.78, 5) is 17.6. The lowest BCUT2D eigenvalue weighted by molar-refractivity contribution is 0.101. The summed E-state index contributed by atoms with van der Waals surface area (Å²) >= 11 is 0. The number of hydrogen-bond acceptors (Lipinski definition) is 5. The van der Waals surface area contributed by atoms with Crippen LogP contribution in [0.25, 0.3) is 22.2 Å². The van der Waals surface area contributed by atoms with Gasteiger partial charge in [0.1, 0.15) is 17.2 Å². The van der Waals surface area contributed by atoms with Gasteiger partial charge in [-0.2, -0.15) is 0 Å². The van der Waals surface area contributed by atoms with Crippen LogP contribution >= 0.6 is 0 Å². The zero-order chi connectivity index (χ0) is 25.1. The van der Waals surface area contributed by atoms with E-state index in [1.807, 2.05) is 54.6 Å². The molecule has 0 saturated carbocycles. The molecule has 180 valence electrons. The summed E-state index contributed by atoms with van der Waals surface area (Å²) in [6, 6.07) is 31.2. The molecule has 7 heteroatoms. The maximum Gasteiger partial charge on any atom is 0.196 e. The highest BCUT2D eigenvalue weighted by atomic mass is 32.2. The molecule has 0 aliphatic carbocycles. The van der Waals surface area contributed by atoms with E-state index in [9.17, 15) is 13.2 Å². The van der Waals surface area contributed by atoms with E-state index in [0.29, 0.717) is 12.2 Å². The third-order valence-corrected chi connectivity index (χ3v) is 7.65. The lowest BCUT2D eigenvalue weighted by Gasteiger charge is -2.12. The van der Waals surface area contributed by atoms with E-state index in [1.165, 1.54) is 12.1 Å². The van der Waals surface area contributed by atoms with Crippen molar-refractivity contribution in [2.24, 2.45) is 0 Å². The van der Waals surface area contributed by atoms with Gasteiger partial charge >= 0.3 is 0 Å². The van der Waals surface area contributed by atoms with E-state index in [1.54, 1.807) is 37.4 Å². The van der Waals surface area contributed by atoms with Gasteiger partial charge in [-0.3, -0.25) is 4.79 Å². The second-order valence-electron chi connectivity index (χ2n) is 8.42. The molecular weight excluding hydrogens is 472 g/mol. The molecule has 0 bridgehead atoms. The molecule has 5 rings (SSSR count). The molecule has 3 aromatic carbocycles. The van der Waals surface area contributed by atoms with E-state index in [2.05, 4.69) is 15.6 Å². The van der Waals surface area contributed by atoms with Crippen LogP contribution < -0.4 is 4.74 Å². The fourth-order valence-corrected chi connectivity index (χ4v) is 5.47. The summed E-state index contributed by atoms with van der Waals surface area (Å²) in [5.41, 5.74) is 3.84. The molecule has 0 atom stereocenters.